The molecule has 0 bridgehead atoms. The SMILES string of the molecule is Cc1cccc(C(=O)N2CCC(C)CC2C)c1N. The summed E-state index contributed by atoms with van der Waals surface area (Å²) in [5, 5.41) is 0. The van der Waals surface area contributed by atoms with Crippen molar-refractivity contribution in [3.8, 4) is 0 Å². The van der Waals surface area contributed by atoms with Crippen LogP contribution in [0.25, 0.3) is 0 Å². The van der Waals surface area contributed by atoms with Gasteiger partial charge in [-0.25, -0.2) is 0 Å². The minimum atomic E-state index is 0.0793. The van der Waals surface area contributed by atoms with Gasteiger partial charge in [0.05, 0.1) is 5.56 Å². The normalized spacial score (nSPS) is 24.1. The van der Waals surface area contributed by atoms with Crippen molar-refractivity contribution >= 4 is 11.6 Å². The molecule has 3 heteroatoms. The Morgan fingerprint density at radius 1 is 1.39 bits per heavy atom. The quantitative estimate of drug-likeness (QED) is 0.774. The lowest BCUT2D eigenvalue weighted by atomic mass is 9.92. The van der Waals surface area contributed by atoms with Crippen molar-refractivity contribution in [3.05, 3.63) is 29.3 Å². The van der Waals surface area contributed by atoms with Crippen LogP contribution in [0.1, 0.15) is 42.6 Å². The molecule has 2 rings (SSSR count). The fourth-order valence-corrected chi connectivity index (χ4v) is 2.73. The molecule has 1 amide bonds. The number of aryl methyl sites for hydroxylation is 1. The van der Waals surface area contributed by atoms with Crippen LogP contribution in [0.4, 0.5) is 5.69 Å². The first-order valence-corrected chi connectivity index (χ1v) is 6.66. The zero-order chi connectivity index (χ0) is 13.3. The number of nitrogen functional groups attached to an aromatic ring is 1. The fraction of sp³-hybridized carbons (Fsp3) is 0.533. The highest BCUT2D eigenvalue weighted by Gasteiger charge is 2.28. The number of hydrogen-bond donors (Lipinski definition) is 1. The van der Waals surface area contributed by atoms with E-state index in [9.17, 15) is 4.79 Å². The van der Waals surface area contributed by atoms with Crippen molar-refractivity contribution in [1.29, 1.82) is 0 Å². The van der Waals surface area contributed by atoms with Gasteiger partial charge >= 0.3 is 0 Å². The molecule has 3 nitrogen and oxygen atoms in total. The van der Waals surface area contributed by atoms with Gasteiger partial charge in [-0.1, -0.05) is 19.1 Å². The van der Waals surface area contributed by atoms with Crippen LogP contribution in [0.15, 0.2) is 18.2 Å². The van der Waals surface area contributed by atoms with E-state index in [1.54, 1.807) is 0 Å². The maximum absolute atomic E-state index is 12.5. The van der Waals surface area contributed by atoms with Gasteiger partial charge < -0.3 is 10.6 Å². The van der Waals surface area contributed by atoms with Crippen LogP contribution >= 0.6 is 0 Å². The van der Waals surface area contributed by atoms with Crippen LogP contribution in [0.2, 0.25) is 0 Å². The lowest BCUT2D eigenvalue weighted by Crippen LogP contribution is -2.44. The molecule has 1 aliphatic rings. The third-order valence-electron chi connectivity index (χ3n) is 3.95. The monoisotopic (exact) mass is 246 g/mol. The van der Waals surface area contributed by atoms with Gasteiger partial charge in [0.2, 0.25) is 0 Å². The van der Waals surface area contributed by atoms with Crippen molar-refractivity contribution in [1.82, 2.24) is 4.90 Å². The van der Waals surface area contributed by atoms with Crippen molar-refractivity contribution in [2.45, 2.75) is 39.7 Å². The van der Waals surface area contributed by atoms with E-state index in [-0.39, 0.29) is 5.91 Å². The average Bonchev–Trinajstić information content (AvgIpc) is 2.32. The largest absolute Gasteiger partial charge is 0.398 e. The summed E-state index contributed by atoms with van der Waals surface area (Å²) in [5.41, 5.74) is 8.25. The first kappa shape index (κ1) is 12.9. The van der Waals surface area contributed by atoms with Crippen LogP contribution in [0, 0.1) is 12.8 Å². The second-order valence-electron chi connectivity index (χ2n) is 5.51. The van der Waals surface area contributed by atoms with Crippen LogP contribution in [-0.4, -0.2) is 23.4 Å². The number of carbonyl (C=O) groups is 1. The summed E-state index contributed by atoms with van der Waals surface area (Å²) in [5.74, 6) is 0.787. The number of anilines is 1. The van der Waals surface area contributed by atoms with E-state index < -0.39 is 0 Å². The average molecular weight is 246 g/mol. The van der Waals surface area contributed by atoms with Gasteiger partial charge in [-0.05, 0) is 44.2 Å². The van der Waals surface area contributed by atoms with Crippen molar-refractivity contribution in [2.75, 3.05) is 12.3 Å². The smallest absolute Gasteiger partial charge is 0.256 e. The number of piperidine rings is 1. The second-order valence-corrected chi connectivity index (χ2v) is 5.51. The summed E-state index contributed by atoms with van der Waals surface area (Å²) in [7, 11) is 0. The number of nitrogens with two attached hydrogens (primary N) is 1. The first-order chi connectivity index (χ1) is 8.50. The number of benzene rings is 1. The predicted molar refractivity (Wildman–Crippen MR) is 74.5 cm³/mol. The van der Waals surface area contributed by atoms with E-state index >= 15 is 0 Å². The minimum absolute atomic E-state index is 0.0793. The number of nitrogens with zero attached hydrogens (tertiary/aromatic N) is 1. The third-order valence-corrected chi connectivity index (χ3v) is 3.95. The Bertz CT molecular complexity index is 456. The van der Waals surface area contributed by atoms with Gasteiger partial charge in [-0.15, -0.1) is 0 Å². The highest BCUT2D eigenvalue weighted by molar-refractivity contribution is 5.99. The first-order valence-electron chi connectivity index (χ1n) is 6.66. The molecule has 2 atom stereocenters. The summed E-state index contributed by atoms with van der Waals surface area (Å²) >= 11 is 0. The molecule has 0 aliphatic carbocycles. The van der Waals surface area contributed by atoms with Crippen molar-refractivity contribution < 1.29 is 4.79 Å². The summed E-state index contributed by atoms with van der Waals surface area (Å²) in [6.45, 7) is 7.15. The molecule has 1 fully saturated rings. The highest BCUT2D eigenvalue weighted by Crippen LogP contribution is 2.26. The van der Waals surface area contributed by atoms with E-state index in [0.717, 1.165) is 24.9 Å². The van der Waals surface area contributed by atoms with E-state index in [4.69, 9.17) is 5.73 Å². The Labute approximate surface area is 109 Å². The predicted octanol–water partition coefficient (Wildman–Crippen LogP) is 2.84. The maximum atomic E-state index is 12.5. The van der Waals surface area contributed by atoms with E-state index in [1.807, 2.05) is 30.0 Å². The molecule has 18 heavy (non-hydrogen) atoms. The maximum Gasteiger partial charge on any atom is 0.256 e. The standard InChI is InChI=1S/C15H22N2O/c1-10-7-8-17(12(3)9-10)15(18)13-6-4-5-11(2)14(13)16/h4-6,10,12H,7-9,16H2,1-3H3. The summed E-state index contributed by atoms with van der Waals surface area (Å²) in [4.78, 5) is 14.5. The molecule has 1 heterocycles. The third kappa shape index (κ3) is 2.35. The lowest BCUT2D eigenvalue weighted by Gasteiger charge is -2.36. The number of hydrogen-bond acceptors (Lipinski definition) is 2. The molecule has 1 aliphatic heterocycles. The van der Waals surface area contributed by atoms with Gasteiger partial charge in [0.1, 0.15) is 0 Å². The van der Waals surface area contributed by atoms with Gasteiger partial charge in [0.15, 0.2) is 0 Å². The Morgan fingerprint density at radius 2 is 2.11 bits per heavy atom. The molecular weight excluding hydrogens is 224 g/mol. The summed E-state index contributed by atoms with van der Waals surface area (Å²) in [6, 6.07) is 5.97. The molecule has 2 N–H and O–H groups in total. The Kier molecular flexibility index (Phi) is 3.60. The molecule has 0 radical (unpaired) electrons. The molecule has 1 aromatic carbocycles. The lowest BCUT2D eigenvalue weighted by molar-refractivity contribution is 0.0589. The van der Waals surface area contributed by atoms with E-state index in [1.165, 1.54) is 0 Å². The number of rotatable bonds is 1. The van der Waals surface area contributed by atoms with Gasteiger partial charge in [0, 0.05) is 18.3 Å². The fourth-order valence-electron chi connectivity index (χ4n) is 2.73. The number of amides is 1. The van der Waals surface area contributed by atoms with Crippen LogP contribution in [0.5, 0.6) is 0 Å². The topological polar surface area (TPSA) is 46.3 Å². The Balaban J connectivity index is 2.23. The molecule has 1 saturated heterocycles. The molecule has 2 unspecified atom stereocenters. The summed E-state index contributed by atoms with van der Waals surface area (Å²) in [6.07, 6.45) is 2.17. The number of para-hydroxylation sites is 1. The molecular formula is C15H22N2O. The van der Waals surface area contributed by atoms with Crippen LogP contribution < -0.4 is 5.73 Å². The van der Waals surface area contributed by atoms with Gasteiger partial charge in [0.25, 0.3) is 5.91 Å². The van der Waals surface area contributed by atoms with Gasteiger partial charge in [-0.3, -0.25) is 4.79 Å². The molecule has 1 aromatic rings. The van der Waals surface area contributed by atoms with Crippen molar-refractivity contribution in [2.24, 2.45) is 5.92 Å². The number of carbonyl (C=O) groups excluding carboxylic acids is 1. The second kappa shape index (κ2) is 5.01. The van der Waals surface area contributed by atoms with Gasteiger partial charge in [-0.2, -0.15) is 0 Å². The van der Waals surface area contributed by atoms with Crippen LogP contribution in [-0.2, 0) is 0 Å². The highest BCUT2D eigenvalue weighted by atomic mass is 16.2. The minimum Gasteiger partial charge on any atom is -0.398 e. The summed E-state index contributed by atoms with van der Waals surface area (Å²) < 4.78 is 0. The molecule has 0 saturated carbocycles. The Morgan fingerprint density at radius 3 is 2.78 bits per heavy atom. The zero-order valence-electron chi connectivity index (χ0n) is 11.4. The van der Waals surface area contributed by atoms with Crippen molar-refractivity contribution in [3.63, 3.8) is 0 Å². The van der Waals surface area contributed by atoms with E-state index in [2.05, 4.69) is 13.8 Å². The zero-order valence-corrected chi connectivity index (χ0v) is 11.4. The van der Waals surface area contributed by atoms with Crippen LogP contribution in [0.3, 0.4) is 0 Å². The molecule has 0 spiro atoms. The molecule has 98 valence electrons. The van der Waals surface area contributed by atoms with E-state index in [0.29, 0.717) is 23.2 Å². The molecule has 0 aromatic heterocycles. The number of likely N-dealkylation sites (tertiary alicyclic amines) is 1. The Hall–Kier alpha value is -1.51.